The van der Waals surface area contributed by atoms with Crippen LogP contribution in [0.1, 0.15) is 13.3 Å². The van der Waals surface area contributed by atoms with E-state index < -0.39 is 5.97 Å². The van der Waals surface area contributed by atoms with Crippen molar-refractivity contribution >= 4 is 29.3 Å². The summed E-state index contributed by atoms with van der Waals surface area (Å²) in [5, 5.41) is 9.34. The lowest BCUT2D eigenvalue weighted by molar-refractivity contribution is -0.136. The van der Waals surface area contributed by atoms with E-state index in [1.54, 1.807) is 23.9 Å². The van der Waals surface area contributed by atoms with Crippen molar-refractivity contribution in [2.45, 2.75) is 23.5 Å². The second-order valence-electron chi connectivity index (χ2n) is 2.98. The predicted molar refractivity (Wildman–Crippen MR) is 59.0 cm³/mol. The van der Waals surface area contributed by atoms with E-state index in [4.69, 9.17) is 16.7 Å². The van der Waals surface area contributed by atoms with Gasteiger partial charge in [-0.25, -0.2) is 0 Å². The quantitative estimate of drug-likeness (QED) is 0.807. The first-order chi connectivity index (χ1) is 6.58. The van der Waals surface area contributed by atoms with E-state index in [1.165, 1.54) is 0 Å². The molecule has 1 rings (SSSR count). The van der Waals surface area contributed by atoms with Gasteiger partial charge in [0.1, 0.15) is 0 Å². The summed E-state index contributed by atoms with van der Waals surface area (Å²) in [6.45, 7) is 1.90. The summed E-state index contributed by atoms with van der Waals surface area (Å²) in [4.78, 5) is 11.5. The van der Waals surface area contributed by atoms with Gasteiger partial charge in [0.25, 0.3) is 0 Å². The van der Waals surface area contributed by atoms with Crippen LogP contribution in [-0.4, -0.2) is 16.3 Å². The van der Waals surface area contributed by atoms with E-state index in [0.29, 0.717) is 5.02 Å². The first-order valence-corrected chi connectivity index (χ1v) is 5.47. The van der Waals surface area contributed by atoms with E-state index in [9.17, 15) is 4.79 Å². The van der Waals surface area contributed by atoms with Crippen LogP contribution in [0.4, 0.5) is 0 Å². The highest BCUT2D eigenvalue weighted by atomic mass is 35.5. The third-order valence-electron chi connectivity index (χ3n) is 1.61. The van der Waals surface area contributed by atoms with Gasteiger partial charge in [-0.1, -0.05) is 18.5 Å². The number of aliphatic carboxylic acids is 1. The van der Waals surface area contributed by atoms with Crippen molar-refractivity contribution in [2.24, 2.45) is 0 Å². The van der Waals surface area contributed by atoms with Crippen LogP contribution < -0.4 is 0 Å². The van der Waals surface area contributed by atoms with Gasteiger partial charge in [0.15, 0.2) is 0 Å². The summed E-state index contributed by atoms with van der Waals surface area (Å²) in [7, 11) is 0. The molecule has 1 atom stereocenters. The lowest BCUT2D eigenvalue weighted by Gasteiger charge is -2.07. The normalized spacial score (nSPS) is 12.4. The maximum Gasteiger partial charge on any atom is 0.304 e. The zero-order valence-electron chi connectivity index (χ0n) is 7.74. The fourth-order valence-corrected chi connectivity index (χ4v) is 2.14. The summed E-state index contributed by atoms with van der Waals surface area (Å²) < 4.78 is 0. The molecule has 4 heteroatoms. The summed E-state index contributed by atoms with van der Waals surface area (Å²) >= 11 is 7.27. The SMILES string of the molecule is C[C@H](CC(=O)O)Sc1ccc(Cl)cc1. The lowest BCUT2D eigenvalue weighted by Crippen LogP contribution is -2.05. The third kappa shape index (κ3) is 4.03. The predicted octanol–water partition coefficient (Wildman–Crippen LogP) is 3.30. The maximum absolute atomic E-state index is 10.4. The third-order valence-corrected chi connectivity index (χ3v) is 2.98. The molecule has 0 fully saturated rings. The molecule has 2 nitrogen and oxygen atoms in total. The van der Waals surface area contributed by atoms with E-state index in [2.05, 4.69) is 0 Å². The monoisotopic (exact) mass is 230 g/mol. The van der Waals surface area contributed by atoms with Crippen molar-refractivity contribution in [2.75, 3.05) is 0 Å². The number of halogens is 1. The summed E-state index contributed by atoms with van der Waals surface area (Å²) in [5.41, 5.74) is 0. The Morgan fingerprint density at radius 1 is 1.50 bits per heavy atom. The lowest BCUT2D eigenvalue weighted by atomic mass is 10.3. The standard InChI is InChI=1S/C10H11ClO2S/c1-7(6-10(12)13)14-9-4-2-8(11)3-5-9/h2-5,7H,6H2,1H3,(H,12,13)/t7-/m1/s1. The molecular weight excluding hydrogens is 220 g/mol. The molecular formula is C10H11ClO2S. The van der Waals surface area contributed by atoms with Gasteiger partial charge in [-0.05, 0) is 24.3 Å². The first kappa shape index (κ1) is 11.4. The first-order valence-electron chi connectivity index (χ1n) is 4.22. The topological polar surface area (TPSA) is 37.3 Å². The van der Waals surface area contributed by atoms with Crippen molar-refractivity contribution in [3.63, 3.8) is 0 Å². The fourth-order valence-electron chi connectivity index (χ4n) is 1.03. The van der Waals surface area contributed by atoms with Crippen molar-refractivity contribution in [1.29, 1.82) is 0 Å². The Bertz CT molecular complexity index is 310. The molecule has 0 bridgehead atoms. The number of rotatable bonds is 4. The number of thioether (sulfide) groups is 1. The van der Waals surface area contributed by atoms with Gasteiger partial charge in [0.05, 0.1) is 6.42 Å². The average Bonchev–Trinajstić information content (AvgIpc) is 2.07. The minimum Gasteiger partial charge on any atom is -0.481 e. The largest absolute Gasteiger partial charge is 0.481 e. The molecule has 0 radical (unpaired) electrons. The Labute approximate surface area is 92.3 Å². The van der Waals surface area contributed by atoms with E-state index in [-0.39, 0.29) is 11.7 Å². The second kappa shape index (κ2) is 5.27. The molecule has 0 saturated carbocycles. The second-order valence-corrected chi connectivity index (χ2v) is 4.93. The molecule has 0 spiro atoms. The fraction of sp³-hybridized carbons (Fsp3) is 0.300. The summed E-state index contributed by atoms with van der Waals surface area (Å²) in [6, 6.07) is 7.39. The highest BCUT2D eigenvalue weighted by Gasteiger charge is 2.08. The molecule has 0 aliphatic rings. The van der Waals surface area contributed by atoms with Crippen molar-refractivity contribution in [3.8, 4) is 0 Å². The van der Waals surface area contributed by atoms with Gasteiger partial charge >= 0.3 is 5.97 Å². The number of hydrogen-bond donors (Lipinski definition) is 1. The van der Waals surface area contributed by atoms with Gasteiger partial charge in [-0.15, -0.1) is 11.8 Å². The van der Waals surface area contributed by atoms with Crippen LogP contribution >= 0.6 is 23.4 Å². The van der Waals surface area contributed by atoms with Crippen LogP contribution in [0.25, 0.3) is 0 Å². The number of carbonyl (C=O) groups is 1. The van der Waals surface area contributed by atoms with E-state index in [1.807, 2.05) is 19.1 Å². The van der Waals surface area contributed by atoms with Gasteiger partial charge in [-0.2, -0.15) is 0 Å². The van der Waals surface area contributed by atoms with Crippen LogP contribution in [0.3, 0.4) is 0 Å². The highest BCUT2D eigenvalue weighted by Crippen LogP contribution is 2.26. The smallest absolute Gasteiger partial charge is 0.304 e. The number of benzene rings is 1. The van der Waals surface area contributed by atoms with E-state index in [0.717, 1.165) is 4.90 Å². The molecule has 1 aromatic rings. The van der Waals surface area contributed by atoms with Gasteiger partial charge in [-0.3, -0.25) is 4.79 Å². The van der Waals surface area contributed by atoms with Crippen LogP contribution in [-0.2, 0) is 4.79 Å². The molecule has 1 N–H and O–H groups in total. The Morgan fingerprint density at radius 3 is 2.57 bits per heavy atom. The van der Waals surface area contributed by atoms with Crippen molar-refractivity contribution in [1.82, 2.24) is 0 Å². The van der Waals surface area contributed by atoms with Crippen molar-refractivity contribution in [3.05, 3.63) is 29.3 Å². The molecule has 0 aromatic heterocycles. The molecule has 1 aromatic carbocycles. The number of carboxylic acid groups (broad SMARTS) is 1. The summed E-state index contributed by atoms with van der Waals surface area (Å²) in [6.07, 6.45) is 0.174. The minimum atomic E-state index is -0.765. The summed E-state index contributed by atoms with van der Waals surface area (Å²) in [5.74, 6) is -0.765. The van der Waals surface area contributed by atoms with E-state index >= 15 is 0 Å². The molecule has 0 aliphatic heterocycles. The average molecular weight is 231 g/mol. The highest BCUT2D eigenvalue weighted by molar-refractivity contribution is 8.00. The van der Waals surface area contributed by atoms with Crippen LogP contribution in [0.5, 0.6) is 0 Å². The number of carboxylic acids is 1. The van der Waals surface area contributed by atoms with Gasteiger partial charge in [0.2, 0.25) is 0 Å². The Balaban J connectivity index is 2.51. The molecule has 14 heavy (non-hydrogen) atoms. The zero-order valence-corrected chi connectivity index (χ0v) is 9.31. The Hall–Kier alpha value is -0.670. The minimum absolute atomic E-state index is 0.0775. The van der Waals surface area contributed by atoms with Gasteiger partial charge in [0, 0.05) is 15.2 Å². The molecule has 0 amide bonds. The number of hydrogen-bond acceptors (Lipinski definition) is 2. The molecule has 0 unspecified atom stereocenters. The van der Waals surface area contributed by atoms with Crippen LogP contribution in [0.15, 0.2) is 29.2 Å². The molecule has 0 aliphatic carbocycles. The zero-order chi connectivity index (χ0) is 10.6. The van der Waals surface area contributed by atoms with Gasteiger partial charge < -0.3 is 5.11 Å². The molecule has 76 valence electrons. The Kier molecular flexibility index (Phi) is 4.29. The molecule has 0 saturated heterocycles. The van der Waals surface area contributed by atoms with Crippen molar-refractivity contribution < 1.29 is 9.90 Å². The Morgan fingerprint density at radius 2 is 2.07 bits per heavy atom. The maximum atomic E-state index is 10.4. The van der Waals surface area contributed by atoms with Crippen LogP contribution in [0, 0.1) is 0 Å². The van der Waals surface area contributed by atoms with Crippen LogP contribution in [0.2, 0.25) is 5.02 Å². The molecule has 0 heterocycles.